The van der Waals surface area contributed by atoms with Gasteiger partial charge in [0.25, 0.3) is 0 Å². The molecule has 0 aliphatic rings. The van der Waals surface area contributed by atoms with Crippen molar-refractivity contribution in [1.29, 1.82) is 0 Å². The van der Waals surface area contributed by atoms with Crippen LogP contribution < -0.4 is 0 Å². The fourth-order valence-electron chi connectivity index (χ4n) is 3.15. The number of hydrogen-bond acceptors (Lipinski definition) is 4. The Labute approximate surface area is 217 Å². The van der Waals surface area contributed by atoms with Crippen LogP contribution in [-0.4, -0.2) is 23.8 Å². The normalized spacial score (nSPS) is 11.3. The monoisotopic (exact) mass is 492 g/mol. The molecule has 0 aromatic carbocycles. The lowest BCUT2D eigenvalue weighted by molar-refractivity contribution is -0.145. The van der Waals surface area contributed by atoms with Crippen molar-refractivity contribution in [3.63, 3.8) is 0 Å². The molecule has 188 valence electrons. The number of carbonyl (C=O) groups is 1. The van der Waals surface area contributed by atoms with Gasteiger partial charge in [0, 0.05) is 6.42 Å². The summed E-state index contributed by atoms with van der Waals surface area (Å²) in [6.07, 6.45) is 21.1. The Morgan fingerprint density at radius 3 is 2.31 bits per heavy atom. The lowest BCUT2D eigenvalue weighted by atomic mass is 10.1. The average molecular weight is 493 g/mol. The van der Waals surface area contributed by atoms with Crippen molar-refractivity contribution in [1.82, 2.24) is 0 Å². The van der Waals surface area contributed by atoms with Gasteiger partial charge in [0.1, 0.15) is 12.7 Å². The van der Waals surface area contributed by atoms with Crippen molar-refractivity contribution < 1.29 is 14.6 Å². The first-order chi connectivity index (χ1) is 17.2. The van der Waals surface area contributed by atoms with E-state index in [0.29, 0.717) is 6.42 Å². The van der Waals surface area contributed by atoms with Gasteiger partial charge in [-0.1, -0.05) is 81.1 Å². The first kappa shape index (κ1) is 30.3. The van der Waals surface area contributed by atoms with Crippen LogP contribution in [0.5, 0.6) is 0 Å². The molecule has 0 aliphatic heterocycles. The van der Waals surface area contributed by atoms with Crippen LogP contribution in [0.3, 0.4) is 0 Å². The second-order valence-corrected chi connectivity index (χ2v) is 9.32. The van der Waals surface area contributed by atoms with Crippen LogP contribution in [0, 0.1) is 35.5 Å². The van der Waals surface area contributed by atoms with Crippen molar-refractivity contribution in [2.45, 2.75) is 97.0 Å². The second kappa shape index (κ2) is 21.8. The molecule has 0 bridgehead atoms. The molecule has 0 fully saturated rings. The van der Waals surface area contributed by atoms with Gasteiger partial charge in [-0.3, -0.25) is 4.79 Å². The van der Waals surface area contributed by atoms with Gasteiger partial charge in [0.15, 0.2) is 0 Å². The lowest BCUT2D eigenvalue weighted by Crippen LogP contribution is -2.16. The average Bonchev–Trinajstić information content (AvgIpc) is 3.31. The van der Waals surface area contributed by atoms with Gasteiger partial charge in [0.05, 0.1) is 9.75 Å². The highest BCUT2D eigenvalue weighted by molar-refractivity contribution is 7.13. The highest BCUT2D eigenvalue weighted by Gasteiger charge is 2.06. The Kier molecular flexibility index (Phi) is 18.9. The number of carbonyl (C=O) groups excluding carboxylic acids is 1. The van der Waals surface area contributed by atoms with E-state index in [1.165, 1.54) is 49.9 Å². The van der Waals surface area contributed by atoms with Gasteiger partial charge in [-0.15, -0.1) is 11.3 Å². The third-order valence-corrected chi connectivity index (χ3v) is 5.99. The molecule has 1 heterocycles. The molecular weight excluding hydrogens is 452 g/mol. The Balaban J connectivity index is 2.03. The van der Waals surface area contributed by atoms with Crippen LogP contribution in [0.1, 0.15) is 101 Å². The van der Waals surface area contributed by atoms with E-state index in [2.05, 4.69) is 66.8 Å². The van der Waals surface area contributed by atoms with E-state index in [1.54, 1.807) is 6.92 Å². The van der Waals surface area contributed by atoms with Gasteiger partial charge in [-0.2, -0.15) is 0 Å². The van der Waals surface area contributed by atoms with Gasteiger partial charge in [0.2, 0.25) is 0 Å². The van der Waals surface area contributed by atoms with Gasteiger partial charge in [-0.05, 0) is 75.3 Å². The quantitative estimate of drug-likeness (QED) is 0.115. The van der Waals surface area contributed by atoms with Crippen LogP contribution in [0.4, 0.5) is 0 Å². The zero-order chi connectivity index (χ0) is 25.4. The molecule has 3 nitrogen and oxygen atoms in total. The molecular formula is C31H40O3S. The molecule has 1 atom stereocenters. The van der Waals surface area contributed by atoms with E-state index in [9.17, 15) is 9.90 Å². The number of aliphatic hydroxyl groups excluding tert-OH is 1. The highest BCUT2D eigenvalue weighted by atomic mass is 32.1. The summed E-state index contributed by atoms with van der Waals surface area (Å²) >= 11 is 1.44. The summed E-state index contributed by atoms with van der Waals surface area (Å²) in [6, 6.07) is 3.72. The van der Waals surface area contributed by atoms with E-state index in [4.69, 9.17) is 4.74 Å². The largest absolute Gasteiger partial charge is 0.462 e. The number of hydrogen-bond donors (Lipinski definition) is 1. The number of ether oxygens (including phenoxy) is 1. The topological polar surface area (TPSA) is 46.5 Å². The zero-order valence-corrected chi connectivity index (χ0v) is 22.2. The fraction of sp³-hybridized carbons (Fsp3) is 0.516. The Morgan fingerprint density at radius 2 is 1.60 bits per heavy atom. The third kappa shape index (κ3) is 18.3. The minimum Gasteiger partial charge on any atom is -0.462 e. The van der Waals surface area contributed by atoms with Crippen LogP contribution in [-0.2, 0) is 9.53 Å². The number of thiophene rings is 1. The molecule has 1 aromatic rings. The van der Waals surface area contributed by atoms with Gasteiger partial charge < -0.3 is 9.84 Å². The number of unbranched alkanes of at least 4 members (excludes halogenated alkanes) is 8. The van der Waals surface area contributed by atoms with E-state index in [-0.39, 0.29) is 12.6 Å². The molecule has 0 spiro atoms. The Morgan fingerprint density at radius 1 is 0.943 bits per heavy atom. The summed E-state index contributed by atoms with van der Waals surface area (Å²) in [6.45, 7) is 3.87. The van der Waals surface area contributed by atoms with Gasteiger partial charge in [-0.25, -0.2) is 0 Å². The maximum absolute atomic E-state index is 11.9. The summed E-state index contributed by atoms with van der Waals surface area (Å²) in [7, 11) is 0. The van der Waals surface area contributed by atoms with Crippen LogP contribution in [0.15, 0.2) is 36.4 Å². The highest BCUT2D eigenvalue weighted by Crippen LogP contribution is 2.14. The molecule has 1 unspecified atom stereocenters. The molecule has 4 heteroatoms. The molecule has 1 N–H and O–H groups in total. The minimum absolute atomic E-state index is 0.101. The van der Waals surface area contributed by atoms with Crippen LogP contribution >= 0.6 is 11.3 Å². The number of rotatable bonds is 16. The predicted octanol–water partition coefficient (Wildman–Crippen LogP) is 7.19. The Bertz CT molecular complexity index is 950. The van der Waals surface area contributed by atoms with Crippen molar-refractivity contribution in [3.05, 3.63) is 46.2 Å². The first-order valence-corrected chi connectivity index (χ1v) is 13.6. The third-order valence-electron chi connectivity index (χ3n) is 5.07. The van der Waals surface area contributed by atoms with Crippen molar-refractivity contribution >= 4 is 17.3 Å². The summed E-state index contributed by atoms with van der Waals surface area (Å²) in [4.78, 5) is 13.5. The van der Waals surface area contributed by atoms with E-state index in [0.717, 1.165) is 41.9 Å². The Hall–Kier alpha value is -2.71. The predicted molar refractivity (Wildman–Crippen MR) is 148 cm³/mol. The molecule has 1 rings (SSSR count). The second-order valence-electron chi connectivity index (χ2n) is 8.24. The minimum atomic E-state index is -0.994. The van der Waals surface area contributed by atoms with E-state index in [1.807, 2.05) is 12.1 Å². The smallest absolute Gasteiger partial charge is 0.305 e. The zero-order valence-electron chi connectivity index (χ0n) is 21.4. The molecule has 0 saturated carbocycles. The lowest BCUT2D eigenvalue weighted by Gasteiger charge is -2.06. The SMILES string of the molecule is CC#CC#Cc1ccc(C#CC(O)COC(=O)CCCCCCC/C=C\C/C=C\CCCCC)s1. The molecule has 0 saturated heterocycles. The summed E-state index contributed by atoms with van der Waals surface area (Å²) < 4.78 is 5.14. The first-order valence-electron chi connectivity index (χ1n) is 12.8. The fourth-order valence-corrected chi connectivity index (χ4v) is 3.87. The van der Waals surface area contributed by atoms with Gasteiger partial charge >= 0.3 is 5.97 Å². The molecule has 1 aromatic heterocycles. The summed E-state index contributed by atoms with van der Waals surface area (Å²) in [5.74, 6) is 16.4. The number of allylic oxidation sites excluding steroid dienone is 4. The van der Waals surface area contributed by atoms with Crippen molar-refractivity contribution in [3.8, 4) is 35.5 Å². The van der Waals surface area contributed by atoms with Crippen molar-refractivity contribution in [2.75, 3.05) is 6.61 Å². The molecule has 0 amide bonds. The molecule has 35 heavy (non-hydrogen) atoms. The summed E-state index contributed by atoms with van der Waals surface area (Å²) in [5, 5.41) is 9.94. The standard InChI is InChI=1S/C31H40O3S/c1-3-5-7-8-9-10-11-12-13-14-15-16-17-18-20-22-31(33)34-27-28(32)23-24-30-26-25-29(35-30)21-19-6-4-2/h9-10,12-13,25-26,28,32H,3,5,7-8,11,14-18,20,22,27H2,1-2H3/b10-9-,13-12-. The maximum atomic E-state index is 11.9. The van der Waals surface area contributed by atoms with E-state index < -0.39 is 6.10 Å². The van der Waals surface area contributed by atoms with E-state index >= 15 is 0 Å². The number of esters is 1. The number of aliphatic hydroxyl groups is 1. The van der Waals surface area contributed by atoms with Crippen LogP contribution in [0.2, 0.25) is 0 Å². The molecule has 0 aliphatic carbocycles. The maximum Gasteiger partial charge on any atom is 0.305 e. The van der Waals surface area contributed by atoms with Crippen LogP contribution in [0.25, 0.3) is 0 Å². The van der Waals surface area contributed by atoms with Crippen molar-refractivity contribution in [2.24, 2.45) is 0 Å². The summed E-state index contributed by atoms with van der Waals surface area (Å²) in [5.41, 5.74) is 0. The molecule has 0 radical (unpaired) electrons.